The zero-order valence-corrected chi connectivity index (χ0v) is 14.5. The minimum atomic E-state index is 0.385. The molecule has 1 saturated heterocycles. The van der Waals surface area contributed by atoms with Crippen molar-refractivity contribution in [1.82, 2.24) is 10.2 Å². The van der Waals surface area contributed by atoms with Gasteiger partial charge in [-0.15, -0.1) is 0 Å². The fraction of sp³-hybridized carbons (Fsp3) is 0.944. The summed E-state index contributed by atoms with van der Waals surface area (Å²) in [5, 5.41) is 3.56. The maximum Gasteiger partial charge on any atom is 0.222 e. The minimum absolute atomic E-state index is 0.385. The van der Waals surface area contributed by atoms with E-state index >= 15 is 0 Å². The first-order valence-electron chi connectivity index (χ1n) is 9.25. The van der Waals surface area contributed by atoms with Gasteiger partial charge < -0.3 is 10.2 Å². The molecular weight excluding hydrogens is 260 g/mol. The molecule has 3 nitrogen and oxygen atoms in total. The van der Waals surface area contributed by atoms with Gasteiger partial charge in [0.15, 0.2) is 0 Å². The van der Waals surface area contributed by atoms with Crippen LogP contribution in [0.5, 0.6) is 0 Å². The van der Waals surface area contributed by atoms with Crippen molar-refractivity contribution < 1.29 is 4.79 Å². The maximum atomic E-state index is 12.5. The maximum absolute atomic E-state index is 12.5. The van der Waals surface area contributed by atoms with Gasteiger partial charge in [-0.2, -0.15) is 0 Å². The molecule has 0 aromatic carbocycles. The first-order chi connectivity index (χ1) is 10.2. The molecule has 1 rings (SSSR count). The molecular formula is C18H36N2O. The highest BCUT2D eigenvalue weighted by molar-refractivity contribution is 5.76. The summed E-state index contributed by atoms with van der Waals surface area (Å²) in [5.41, 5.74) is 0. The third kappa shape index (κ3) is 6.82. The van der Waals surface area contributed by atoms with Gasteiger partial charge in [-0.25, -0.2) is 0 Å². The smallest absolute Gasteiger partial charge is 0.222 e. The number of carbonyl (C=O) groups excluding carboxylic acids is 1. The van der Waals surface area contributed by atoms with E-state index in [1.54, 1.807) is 0 Å². The molecule has 0 bridgehead atoms. The fourth-order valence-corrected chi connectivity index (χ4v) is 3.18. The first-order valence-corrected chi connectivity index (χ1v) is 9.25. The quantitative estimate of drug-likeness (QED) is 0.615. The lowest BCUT2D eigenvalue weighted by molar-refractivity contribution is -0.135. The molecule has 1 N–H and O–H groups in total. The van der Waals surface area contributed by atoms with Crippen LogP contribution in [0.15, 0.2) is 0 Å². The lowest BCUT2D eigenvalue weighted by Crippen LogP contribution is -2.57. The van der Waals surface area contributed by atoms with Crippen LogP contribution >= 0.6 is 0 Å². The Morgan fingerprint density at radius 2 is 1.67 bits per heavy atom. The fourth-order valence-electron chi connectivity index (χ4n) is 3.18. The molecule has 1 amide bonds. The number of nitrogens with zero attached hydrogens (tertiary/aromatic N) is 1. The molecule has 1 aliphatic heterocycles. The van der Waals surface area contributed by atoms with Gasteiger partial charge in [0, 0.05) is 31.6 Å². The predicted octanol–water partition coefficient (Wildman–Crippen LogP) is 4.12. The van der Waals surface area contributed by atoms with Crippen LogP contribution in [0, 0.1) is 0 Å². The summed E-state index contributed by atoms with van der Waals surface area (Å²) in [4.78, 5) is 14.6. The van der Waals surface area contributed by atoms with Crippen LogP contribution in [-0.2, 0) is 4.79 Å². The van der Waals surface area contributed by atoms with Crippen LogP contribution in [-0.4, -0.2) is 36.0 Å². The Kier molecular flexibility index (Phi) is 9.73. The van der Waals surface area contributed by atoms with Crippen LogP contribution in [0.1, 0.15) is 85.0 Å². The highest BCUT2D eigenvalue weighted by Gasteiger charge is 2.28. The Balaban J connectivity index is 2.22. The van der Waals surface area contributed by atoms with Crippen LogP contribution in [0.2, 0.25) is 0 Å². The van der Waals surface area contributed by atoms with Crippen molar-refractivity contribution in [3.05, 3.63) is 0 Å². The van der Waals surface area contributed by atoms with E-state index in [4.69, 9.17) is 0 Å². The van der Waals surface area contributed by atoms with Crippen molar-refractivity contribution in [3.8, 4) is 0 Å². The van der Waals surface area contributed by atoms with E-state index in [1.165, 1.54) is 38.5 Å². The van der Waals surface area contributed by atoms with Crippen molar-refractivity contribution in [2.24, 2.45) is 0 Å². The molecule has 2 unspecified atom stereocenters. The molecule has 124 valence electrons. The van der Waals surface area contributed by atoms with Gasteiger partial charge in [0.05, 0.1) is 0 Å². The van der Waals surface area contributed by atoms with E-state index in [9.17, 15) is 4.79 Å². The molecule has 21 heavy (non-hydrogen) atoms. The van der Waals surface area contributed by atoms with E-state index in [2.05, 4.69) is 31.0 Å². The Bertz CT molecular complexity index is 280. The van der Waals surface area contributed by atoms with Crippen LogP contribution < -0.4 is 5.32 Å². The average Bonchev–Trinajstić information content (AvgIpc) is 2.53. The predicted molar refractivity (Wildman–Crippen MR) is 90.5 cm³/mol. The summed E-state index contributed by atoms with van der Waals surface area (Å²) >= 11 is 0. The number of hydrogen-bond donors (Lipinski definition) is 1. The molecule has 0 radical (unpaired) electrons. The van der Waals surface area contributed by atoms with Crippen molar-refractivity contribution in [2.75, 3.05) is 13.1 Å². The third-order valence-electron chi connectivity index (χ3n) is 4.78. The molecule has 0 aliphatic carbocycles. The molecule has 1 heterocycles. The molecule has 2 atom stereocenters. The third-order valence-corrected chi connectivity index (χ3v) is 4.78. The molecule has 3 heteroatoms. The summed E-state index contributed by atoms with van der Waals surface area (Å²) in [6.07, 6.45) is 11.9. The summed E-state index contributed by atoms with van der Waals surface area (Å²) in [6, 6.07) is 0.899. The Labute approximate surface area is 131 Å². The van der Waals surface area contributed by atoms with Gasteiger partial charge in [-0.05, 0) is 19.3 Å². The zero-order chi connectivity index (χ0) is 15.5. The normalized spacial score (nSPS) is 22.5. The SMILES string of the molecule is CCCCCCCCCC(=O)N1CC(CC)NCC1CC. The van der Waals surface area contributed by atoms with E-state index in [0.29, 0.717) is 18.0 Å². The zero-order valence-electron chi connectivity index (χ0n) is 14.5. The van der Waals surface area contributed by atoms with Gasteiger partial charge >= 0.3 is 0 Å². The van der Waals surface area contributed by atoms with Gasteiger partial charge in [-0.3, -0.25) is 4.79 Å². The topological polar surface area (TPSA) is 32.3 Å². The first kappa shape index (κ1) is 18.5. The van der Waals surface area contributed by atoms with Crippen LogP contribution in [0.25, 0.3) is 0 Å². The summed E-state index contributed by atoms with van der Waals surface area (Å²) in [5.74, 6) is 0.385. The van der Waals surface area contributed by atoms with Crippen molar-refractivity contribution in [1.29, 1.82) is 0 Å². The molecule has 1 fully saturated rings. The lowest BCUT2D eigenvalue weighted by Gasteiger charge is -2.40. The largest absolute Gasteiger partial charge is 0.337 e. The van der Waals surface area contributed by atoms with E-state index in [-0.39, 0.29) is 0 Å². The second-order valence-corrected chi connectivity index (χ2v) is 6.49. The van der Waals surface area contributed by atoms with Crippen molar-refractivity contribution in [3.63, 3.8) is 0 Å². The highest BCUT2D eigenvalue weighted by Crippen LogP contribution is 2.15. The second kappa shape index (κ2) is 11.1. The van der Waals surface area contributed by atoms with Gasteiger partial charge in [0.1, 0.15) is 0 Å². The van der Waals surface area contributed by atoms with Crippen molar-refractivity contribution in [2.45, 2.75) is 97.1 Å². The highest BCUT2D eigenvalue weighted by atomic mass is 16.2. The Morgan fingerprint density at radius 1 is 1.00 bits per heavy atom. The Hall–Kier alpha value is -0.570. The number of rotatable bonds is 10. The number of unbranched alkanes of at least 4 members (excludes halogenated alkanes) is 6. The van der Waals surface area contributed by atoms with E-state index in [1.807, 2.05) is 0 Å². The summed E-state index contributed by atoms with van der Waals surface area (Å²) in [6.45, 7) is 8.51. The molecule has 0 aromatic rings. The van der Waals surface area contributed by atoms with Crippen molar-refractivity contribution >= 4 is 5.91 Å². The minimum Gasteiger partial charge on any atom is -0.337 e. The van der Waals surface area contributed by atoms with Gasteiger partial charge in [-0.1, -0.05) is 59.3 Å². The lowest BCUT2D eigenvalue weighted by atomic mass is 10.0. The molecule has 0 aromatic heterocycles. The molecule has 0 spiro atoms. The number of carbonyl (C=O) groups is 1. The van der Waals surface area contributed by atoms with Crippen LogP contribution in [0.4, 0.5) is 0 Å². The number of hydrogen-bond acceptors (Lipinski definition) is 2. The molecule has 1 aliphatic rings. The second-order valence-electron chi connectivity index (χ2n) is 6.49. The number of nitrogens with one attached hydrogen (secondary N) is 1. The van der Waals surface area contributed by atoms with Crippen LogP contribution in [0.3, 0.4) is 0 Å². The average molecular weight is 296 g/mol. The van der Waals surface area contributed by atoms with Gasteiger partial charge in [0.25, 0.3) is 0 Å². The standard InChI is InChI=1S/C18H36N2O/c1-4-7-8-9-10-11-12-13-18(21)20-15-16(5-2)19-14-17(20)6-3/h16-17,19H,4-15H2,1-3H3. The summed E-state index contributed by atoms with van der Waals surface area (Å²) in [7, 11) is 0. The molecule has 0 saturated carbocycles. The van der Waals surface area contributed by atoms with E-state index in [0.717, 1.165) is 38.8 Å². The number of amides is 1. The van der Waals surface area contributed by atoms with Gasteiger partial charge in [0.2, 0.25) is 5.91 Å². The van der Waals surface area contributed by atoms with E-state index < -0.39 is 0 Å². The monoisotopic (exact) mass is 296 g/mol. The number of piperazine rings is 1. The Morgan fingerprint density at radius 3 is 2.29 bits per heavy atom. The summed E-state index contributed by atoms with van der Waals surface area (Å²) < 4.78 is 0.